The molecule has 1 rings (SSSR count). The first-order valence-electron chi connectivity index (χ1n) is 7.01. The van der Waals surface area contributed by atoms with Crippen molar-refractivity contribution in [2.24, 2.45) is 5.92 Å². The molecule has 3 nitrogen and oxygen atoms in total. The summed E-state index contributed by atoms with van der Waals surface area (Å²) >= 11 is 0. The molecular formula is C14H27NO2. The van der Waals surface area contributed by atoms with Crippen molar-refractivity contribution >= 4 is 5.97 Å². The maximum absolute atomic E-state index is 12.3. The zero-order chi connectivity index (χ0) is 12.9. The largest absolute Gasteiger partial charge is 0.465 e. The smallest absolute Gasteiger partial charge is 0.326 e. The molecule has 0 aromatic heterocycles. The Bertz CT molecular complexity index is 253. The number of hydrogen-bond donors (Lipinski definition) is 1. The average molecular weight is 241 g/mol. The predicted octanol–water partition coefficient (Wildman–Crippen LogP) is 2.89. The van der Waals surface area contributed by atoms with E-state index in [4.69, 9.17) is 4.74 Å². The summed E-state index contributed by atoms with van der Waals surface area (Å²) < 4.78 is 5.32. The molecule has 0 spiro atoms. The Balaban J connectivity index is 2.92. The molecule has 0 bridgehead atoms. The molecule has 0 aliphatic heterocycles. The fourth-order valence-electron chi connectivity index (χ4n) is 3.09. The number of carbonyl (C=O) groups excluding carboxylic acids is 1. The van der Waals surface area contributed by atoms with Crippen LogP contribution < -0.4 is 5.32 Å². The van der Waals surface area contributed by atoms with Crippen LogP contribution in [0.2, 0.25) is 0 Å². The summed E-state index contributed by atoms with van der Waals surface area (Å²) in [5, 5.41) is 3.51. The molecule has 0 radical (unpaired) electrons. The Labute approximate surface area is 105 Å². The standard InChI is InChI=1S/C14H27NO2/c1-5-12-9-7-8-10-14(12,15-11(3)4)13(16)17-6-2/h11-12,15H,5-10H2,1-4H3. The molecule has 0 heterocycles. The first-order chi connectivity index (χ1) is 8.06. The SMILES string of the molecule is CCOC(=O)C1(NC(C)C)CCCCC1CC. The van der Waals surface area contributed by atoms with Gasteiger partial charge in [0.1, 0.15) is 5.54 Å². The predicted molar refractivity (Wildman–Crippen MR) is 69.9 cm³/mol. The lowest BCUT2D eigenvalue weighted by Crippen LogP contribution is -2.61. The summed E-state index contributed by atoms with van der Waals surface area (Å²) in [6, 6.07) is 0.312. The van der Waals surface area contributed by atoms with Crippen LogP contribution in [0, 0.1) is 5.92 Å². The van der Waals surface area contributed by atoms with Gasteiger partial charge in [0, 0.05) is 6.04 Å². The average Bonchev–Trinajstić information content (AvgIpc) is 2.29. The van der Waals surface area contributed by atoms with Crippen molar-refractivity contribution in [1.82, 2.24) is 5.32 Å². The van der Waals surface area contributed by atoms with Crippen LogP contribution in [0.1, 0.15) is 59.8 Å². The highest BCUT2D eigenvalue weighted by molar-refractivity contribution is 5.81. The van der Waals surface area contributed by atoms with Crippen molar-refractivity contribution in [3.63, 3.8) is 0 Å². The molecule has 3 heteroatoms. The van der Waals surface area contributed by atoms with Crippen molar-refractivity contribution in [1.29, 1.82) is 0 Å². The number of ether oxygens (including phenoxy) is 1. The third-order valence-electron chi connectivity index (χ3n) is 3.75. The molecule has 17 heavy (non-hydrogen) atoms. The molecule has 1 saturated carbocycles. The van der Waals surface area contributed by atoms with Gasteiger partial charge in [-0.3, -0.25) is 10.1 Å². The minimum absolute atomic E-state index is 0.0414. The molecule has 0 amide bonds. The van der Waals surface area contributed by atoms with Gasteiger partial charge >= 0.3 is 5.97 Å². The molecule has 1 N–H and O–H groups in total. The monoisotopic (exact) mass is 241 g/mol. The van der Waals surface area contributed by atoms with E-state index in [1.165, 1.54) is 6.42 Å². The summed E-state index contributed by atoms with van der Waals surface area (Å²) in [7, 11) is 0. The van der Waals surface area contributed by atoms with Crippen LogP contribution in [0.15, 0.2) is 0 Å². The number of esters is 1. The second-order valence-electron chi connectivity index (χ2n) is 5.34. The third-order valence-corrected chi connectivity index (χ3v) is 3.75. The van der Waals surface area contributed by atoms with Gasteiger partial charge in [0.05, 0.1) is 6.61 Å². The van der Waals surface area contributed by atoms with Gasteiger partial charge in [0.25, 0.3) is 0 Å². The molecule has 1 aliphatic rings. The molecule has 1 aliphatic carbocycles. The van der Waals surface area contributed by atoms with Crippen molar-refractivity contribution in [2.75, 3.05) is 6.61 Å². The molecular weight excluding hydrogens is 214 g/mol. The quantitative estimate of drug-likeness (QED) is 0.752. The fraction of sp³-hybridized carbons (Fsp3) is 0.929. The van der Waals surface area contributed by atoms with Gasteiger partial charge < -0.3 is 4.74 Å². The van der Waals surface area contributed by atoms with Gasteiger partial charge in [-0.15, -0.1) is 0 Å². The fourth-order valence-corrected chi connectivity index (χ4v) is 3.09. The van der Waals surface area contributed by atoms with Crippen LogP contribution in [-0.4, -0.2) is 24.2 Å². The second-order valence-corrected chi connectivity index (χ2v) is 5.34. The van der Waals surface area contributed by atoms with Crippen molar-refractivity contribution in [2.45, 2.75) is 71.4 Å². The second kappa shape index (κ2) is 6.39. The first kappa shape index (κ1) is 14.5. The van der Waals surface area contributed by atoms with E-state index in [1.807, 2.05) is 6.92 Å². The van der Waals surface area contributed by atoms with Gasteiger partial charge in [-0.1, -0.05) is 26.2 Å². The number of nitrogens with one attached hydrogen (secondary N) is 1. The zero-order valence-electron chi connectivity index (χ0n) is 11.7. The molecule has 2 atom stereocenters. The Morgan fingerprint density at radius 1 is 1.41 bits per heavy atom. The van der Waals surface area contributed by atoms with E-state index in [2.05, 4.69) is 26.1 Å². The minimum Gasteiger partial charge on any atom is -0.465 e. The summed E-state index contributed by atoms with van der Waals surface area (Å²) in [5.74, 6) is 0.373. The van der Waals surface area contributed by atoms with E-state index < -0.39 is 5.54 Å². The molecule has 100 valence electrons. The Hall–Kier alpha value is -0.570. The highest BCUT2D eigenvalue weighted by Gasteiger charge is 2.47. The number of hydrogen-bond acceptors (Lipinski definition) is 3. The van der Waals surface area contributed by atoms with Crippen molar-refractivity contribution < 1.29 is 9.53 Å². The van der Waals surface area contributed by atoms with Gasteiger partial charge in [0.2, 0.25) is 0 Å². The van der Waals surface area contributed by atoms with E-state index in [9.17, 15) is 4.79 Å². The van der Waals surface area contributed by atoms with E-state index in [-0.39, 0.29) is 5.97 Å². The molecule has 0 saturated heterocycles. The summed E-state index contributed by atoms with van der Waals surface area (Å²) in [5.41, 5.74) is -0.433. The van der Waals surface area contributed by atoms with Gasteiger partial charge in [-0.2, -0.15) is 0 Å². The molecule has 0 aromatic rings. The highest BCUT2D eigenvalue weighted by Crippen LogP contribution is 2.37. The Morgan fingerprint density at radius 2 is 2.12 bits per heavy atom. The normalized spacial score (nSPS) is 29.4. The summed E-state index contributed by atoms with van der Waals surface area (Å²) in [6.07, 6.45) is 5.45. The maximum atomic E-state index is 12.3. The number of carbonyl (C=O) groups is 1. The van der Waals surface area contributed by atoms with E-state index in [1.54, 1.807) is 0 Å². The highest BCUT2D eigenvalue weighted by atomic mass is 16.5. The molecule has 2 unspecified atom stereocenters. The van der Waals surface area contributed by atoms with E-state index >= 15 is 0 Å². The minimum atomic E-state index is -0.433. The molecule has 0 aromatic carbocycles. The Kier molecular flexibility index (Phi) is 5.44. The van der Waals surface area contributed by atoms with Crippen LogP contribution in [0.3, 0.4) is 0 Å². The van der Waals surface area contributed by atoms with Gasteiger partial charge in [-0.05, 0) is 39.5 Å². The number of rotatable bonds is 5. The zero-order valence-corrected chi connectivity index (χ0v) is 11.7. The van der Waals surface area contributed by atoms with Gasteiger partial charge in [0.15, 0.2) is 0 Å². The van der Waals surface area contributed by atoms with Crippen LogP contribution in [0.25, 0.3) is 0 Å². The lowest BCUT2D eigenvalue weighted by Gasteiger charge is -2.43. The lowest BCUT2D eigenvalue weighted by molar-refractivity contribution is -0.156. The van der Waals surface area contributed by atoms with E-state index in [0.29, 0.717) is 18.6 Å². The van der Waals surface area contributed by atoms with Crippen LogP contribution in [0.4, 0.5) is 0 Å². The van der Waals surface area contributed by atoms with Crippen molar-refractivity contribution in [3.05, 3.63) is 0 Å². The Morgan fingerprint density at radius 3 is 2.65 bits per heavy atom. The summed E-state index contributed by atoms with van der Waals surface area (Å²) in [6.45, 7) is 8.72. The van der Waals surface area contributed by atoms with Gasteiger partial charge in [-0.25, -0.2) is 0 Å². The molecule has 1 fully saturated rings. The van der Waals surface area contributed by atoms with E-state index in [0.717, 1.165) is 25.7 Å². The van der Waals surface area contributed by atoms with Crippen LogP contribution in [-0.2, 0) is 9.53 Å². The third kappa shape index (κ3) is 3.21. The summed E-state index contributed by atoms with van der Waals surface area (Å²) in [4.78, 5) is 12.3. The first-order valence-corrected chi connectivity index (χ1v) is 7.01. The maximum Gasteiger partial charge on any atom is 0.326 e. The van der Waals surface area contributed by atoms with Crippen molar-refractivity contribution in [3.8, 4) is 0 Å². The van der Waals surface area contributed by atoms with Crippen LogP contribution >= 0.6 is 0 Å². The topological polar surface area (TPSA) is 38.3 Å². The van der Waals surface area contributed by atoms with Crippen LogP contribution in [0.5, 0.6) is 0 Å². The lowest BCUT2D eigenvalue weighted by atomic mass is 9.71.